The lowest BCUT2D eigenvalue weighted by Gasteiger charge is -2.30. The van der Waals surface area contributed by atoms with Gasteiger partial charge in [-0.05, 0) is 66.1 Å². The third kappa shape index (κ3) is 4.45. The third-order valence-corrected chi connectivity index (χ3v) is 6.74. The zero-order valence-electron chi connectivity index (χ0n) is 20.1. The van der Waals surface area contributed by atoms with Gasteiger partial charge >= 0.3 is 0 Å². The molecule has 4 nitrogen and oxygen atoms in total. The summed E-state index contributed by atoms with van der Waals surface area (Å²) < 4.78 is 5.85. The van der Waals surface area contributed by atoms with E-state index >= 15 is 0 Å². The van der Waals surface area contributed by atoms with E-state index in [4.69, 9.17) is 4.74 Å². The molecule has 0 spiro atoms. The van der Waals surface area contributed by atoms with E-state index in [1.807, 2.05) is 36.4 Å². The van der Waals surface area contributed by atoms with Crippen LogP contribution in [0.5, 0.6) is 5.75 Å². The van der Waals surface area contributed by atoms with Crippen LogP contribution in [0.15, 0.2) is 84.1 Å². The van der Waals surface area contributed by atoms with Crippen molar-refractivity contribution >= 4 is 17.2 Å². The fraction of sp³-hybridized carbons (Fsp3) is 0.300. The highest BCUT2D eigenvalue weighted by Crippen LogP contribution is 2.44. The Balaban J connectivity index is 1.49. The molecule has 2 unspecified atom stereocenters. The van der Waals surface area contributed by atoms with Crippen molar-refractivity contribution in [3.8, 4) is 5.75 Å². The van der Waals surface area contributed by atoms with Crippen molar-refractivity contribution in [1.82, 2.24) is 0 Å². The number of ketones is 1. The van der Waals surface area contributed by atoms with Crippen LogP contribution in [-0.2, 0) is 4.79 Å². The van der Waals surface area contributed by atoms with Gasteiger partial charge in [0.1, 0.15) is 5.75 Å². The first-order valence-electron chi connectivity index (χ1n) is 12.2. The van der Waals surface area contributed by atoms with Crippen LogP contribution in [0.25, 0.3) is 0 Å². The molecule has 0 saturated heterocycles. The molecule has 0 saturated carbocycles. The van der Waals surface area contributed by atoms with Crippen LogP contribution in [0.3, 0.4) is 0 Å². The lowest BCUT2D eigenvalue weighted by Crippen LogP contribution is -2.27. The van der Waals surface area contributed by atoms with Crippen molar-refractivity contribution in [2.75, 3.05) is 17.2 Å². The summed E-state index contributed by atoms with van der Waals surface area (Å²) in [5, 5.41) is 7.30. The van der Waals surface area contributed by atoms with E-state index in [0.717, 1.165) is 40.4 Å². The maximum absolute atomic E-state index is 13.7. The zero-order chi connectivity index (χ0) is 23.7. The molecule has 34 heavy (non-hydrogen) atoms. The summed E-state index contributed by atoms with van der Waals surface area (Å²) in [6.45, 7) is 7.10. The van der Waals surface area contributed by atoms with Crippen LogP contribution in [-0.4, -0.2) is 12.4 Å². The topological polar surface area (TPSA) is 50.4 Å². The van der Waals surface area contributed by atoms with E-state index in [9.17, 15) is 4.79 Å². The molecule has 5 rings (SSSR count). The number of Topliss-reactive ketones (excluding diaryl/α,β-unsaturated/α-hetero) is 1. The number of fused-ring (bicyclic) bond motifs is 1. The van der Waals surface area contributed by atoms with Gasteiger partial charge in [-0.25, -0.2) is 0 Å². The van der Waals surface area contributed by atoms with Crippen LogP contribution < -0.4 is 15.4 Å². The van der Waals surface area contributed by atoms with E-state index < -0.39 is 0 Å². The number of rotatable bonds is 5. The Morgan fingerprint density at radius 1 is 0.912 bits per heavy atom. The van der Waals surface area contributed by atoms with E-state index in [2.05, 4.69) is 67.8 Å². The maximum atomic E-state index is 13.7. The summed E-state index contributed by atoms with van der Waals surface area (Å²) in [5.41, 5.74) is 7.41. The molecule has 3 aromatic rings. The number of para-hydroxylation sites is 2. The number of carbonyl (C=O) groups is 1. The van der Waals surface area contributed by atoms with Crippen LogP contribution >= 0.6 is 0 Å². The van der Waals surface area contributed by atoms with Gasteiger partial charge in [0.25, 0.3) is 0 Å². The van der Waals surface area contributed by atoms with Crippen molar-refractivity contribution in [3.05, 3.63) is 101 Å². The van der Waals surface area contributed by atoms with Crippen LogP contribution in [0.1, 0.15) is 55.3 Å². The van der Waals surface area contributed by atoms with Gasteiger partial charge in [0, 0.05) is 17.7 Å². The average molecular weight is 453 g/mol. The number of anilines is 2. The summed E-state index contributed by atoms with van der Waals surface area (Å²) in [4.78, 5) is 13.7. The largest absolute Gasteiger partial charge is 0.493 e. The number of aryl methyl sites for hydroxylation is 1. The zero-order valence-corrected chi connectivity index (χ0v) is 20.1. The predicted molar refractivity (Wildman–Crippen MR) is 138 cm³/mol. The molecule has 2 atom stereocenters. The molecule has 2 aliphatic rings. The minimum absolute atomic E-state index is 0.140. The van der Waals surface area contributed by atoms with E-state index in [1.54, 1.807) is 0 Å². The fourth-order valence-corrected chi connectivity index (χ4v) is 4.97. The van der Waals surface area contributed by atoms with Gasteiger partial charge in [-0.3, -0.25) is 4.79 Å². The van der Waals surface area contributed by atoms with Gasteiger partial charge in [-0.1, -0.05) is 62.4 Å². The summed E-state index contributed by atoms with van der Waals surface area (Å²) in [7, 11) is 0. The SMILES string of the molecule is Cc1ccccc1C1Nc2ccccc2NC2=C1C(=O)CC(c1ccc(OCC(C)C)cc1)C2. The number of benzene rings is 3. The number of allylic oxidation sites excluding steroid dienone is 1. The lowest BCUT2D eigenvalue weighted by atomic mass is 9.78. The fourth-order valence-electron chi connectivity index (χ4n) is 4.97. The Morgan fingerprint density at radius 3 is 2.35 bits per heavy atom. The second kappa shape index (κ2) is 9.38. The van der Waals surface area contributed by atoms with E-state index in [-0.39, 0.29) is 17.7 Å². The molecule has 4 heteroatoms. The molecule has 174 valence electrons. The molecule has 2 N–H and O–H groups in total. The first kappa shape index (κ1) is 22.3. The standard InChI is InChI=1S/C30H32N2O2/c1-19(2)18-34-23-14-12-21(13-15-23)22-16-27-29(28(33)17-22)30(24-9-5-4-8-20(24)3)32-26-11-7-6-10-25(26)31-27/h4-15,19,22,30-32H,16-18H2,1-3H3. The van der Waals surface area contributed by atoms with Crippen LogP contribution in [0, 0.1) is 12.8 Å². The van der Waals surface area contributed by atoms with Crippen molar-refractivity contribution in [3.63, 3.8) is 0 Å². The van der Waals surface area contributed by atoms with Crippen LogP contribution in [0.4, 0.5) is 11.4 Å². The Bertz CT molecular complexity index is 1230. The molecule has 0 amide bonds. The van der Waals surface area contributed by atoms with Crippen molar-refractivity contribution in [2.45, 2.75) is 45.6 Å². The Morgan fingerprint density at radius 2 is 1.62 bits per heavy atom. The van der Waals surface area contributed by atoms with Gasteiger partial charge in [0.15, 0.2) is 5.78 Å². The number of nitrogens with one attached hydrogen (secondary N) is 2. The Labute approximate surface area is 202 Å². The van der Waals surface area contributed by atoms with Crippen LogP contribution in [0.2, 0.25) is 0 Å². The molecule has 3 aromatic carbocycles. The number of ether oxygens (including phenoxy) is 1. The maximum Gasteiger partial charge on any atom is 0.163 e. The van der Waals surface area contributed by atoms with E-state index in [1.165, 1.54) is 11.1 Å². The second-order valence-electron chi connectivity index (χ2n) is 9.80. The minimum atomic E-state index is -0.174. The van der Waals surface area contributed by atoms with Crippen molar-refractivity contribution < 1.29 is 9.53 Å². The van der Waals surface area contributed by atoms with Gasteiger partial charge in [0.05, 0.1) is 24.0 Å². The molecular weight excluding hydrogens is 420 g/mol. The smallest absolute Gasteiger partial charge is 0.163 e. The summed E-state index contributed by atoms with van der Waals surface area (Å²) in [6.07, 6.45) is 1.30. The number of hydrogen-bond donors (Lipinski definition) is 2. The monoisotopic (exact) mass is 452 g/mol. The molecule has 1 heterocycles. The summed E-state index contributed by atoms with van der Waals surface area (Å²) in [5.74, 6) is 1.71. The highest BCUT2D eigenvalue weighted by Gasteiger charge is 2.36. The first-order valence-corrected chi connectivity index (χ1v) is 12.2. The molecule has 0 bridgehead atoms. The Hall–Kier alpha value is -3.53. The van der Waals surface area contributed by atoms with Crippen molar-refractivity contribution in [1.29, 1.82) is 0 Å². The summed E-state index contributed by atoms with van der Waals surface area (Å²) >= 11 is 0. The second-order valence-corrected chi connectivity index (χ2v) is 9.80. The van der Waals surface area contributed by atoms with Gasteiger partial charge < -0.3 is 15.4 Å². The van der Waals surface area contributed by atoms with Gasteiger partial charge in [-0.15, -0.1) is 0 Å². The third-order valence-electron chi connectivity index (χ3n) is 6.74. The van der Waals surface area contributed by atoms with E-state index in [0.29, 0.717) is 18.9 Å². The average Bonchev–Trinajstić information content (AvgIpc) is 3.00. The number of carbonyl (C=O) groups excluding carboxylic acids is 1. The predicted octanol–water partition coefficient (Wildman–Crippen LogP) is 7.01. The molecule has 0 aromatic heterocycles. The highest BCUT2D eigenvalue weighted by atomic mass is 16.5. The first-order chi connectivity index (χ1) is 16.5. The normalized spacial score (nSPS) is 19.6. The molecule has 0 radical (unpaired) electrons. The van der Waals surface area contributed by atoms with Gasteiger partial charge in [0.2, 0.25) is 0 Å². The summed E-state index contributed by atoms with van der Waals surface area (Å²) in [6, 6.07) is 24.6. The quantitative estimate of drug-likeness (QED) is 0.437. The lowest BCUT2D eigenvalue weighted by molar-refractivity contribution is -0.116. The molecule has 1 aliphatic carbocycles. The Kier molecular flexibility index (Phi) is 6.14. The van der Waals surface area contributed by atoms with Gasteiger partial charge in [-0.2, -0.15) is 0 Å². The molecule has 1 aliphatic heterocycles. The van der Waals surface area contributed by atoms with Crippen molar-refractivity contribution in [2.24, 2.45) is 5.92 Å². The minimum Gasteiger partial charge on any atom is -0.493 e. The molecule has 0 fully saturated rings. The number of hydrogen-bond acceptors (Lipinski definition) is 4. The highest BCUT2D eigenvalue weighted by molar-refractivity contribution is 6.01. The molecular formula is C30H32N2O2.